The number of hydrogen-bond acceptors (Lipinski definition) is 4. The highest BCUT2D eigenvalue weighted by molar-refractivity contribution is 6.51. The number of aliphatic hydroxyl groups excluding tert-OH is 1. The summed E-state index contributed by atoms with van der Waals surface area (Å²) in [6.45, 7) is 6.54. The van der Waals surface area contributed by atoms with Gasteiger partial charge in [-0.05, 0) is 48.2 Å². The highest BCUT2D eigenvalue weighted by Crippen LogP contribution is 2.43. The number of benzene rings is 3. The van der Waals surface area contributed by atoms with Gasteiger partial charge in [0.05, 0.1) is 18.2 Å². The van der Waals surface area contributed by atoms with E-state index in [1.807, 2.05) is 31.2 Å². The Labute approximate surface area is 204 Å². The van der Waals surface area contributed by atoms with Crippen LogP contribution in [0.5, 0.6) is 5.75 Å². The van der Waals surface area contributed by atoms with Crippen molar-refractivity contribution in [1.82, 2.24) is 0 Å². The second kappa shape index (κ2) is 9.74. The molecule has 1 N–H and O–H groups in total. The van der Waals surface area contributed by atoms with E-state index in [0.29, 0.717) is 40.1 Å². The number of anilines is 1. The first-order valence-electron chi connectivity index (χ1n) is 11.2. The molecular weight excluding hydrogens is 450 g/mol. The molecule has 3 aromatic carbocycles. The van der Waals surface area contributed by atoms with E-state index in [-0.39, 0.29) is 11.3 Å². The van der Waals surface area contributed by atoms with Crippen LogP contribution in [0.25, 0.3) is 5.76 Å². The maximum Gasteiger partial charge on any atom is 0.300 e. The molecule has 1 heterocycles. The van der Waals surface area contributed by atoms with Gasteiger partial charge in [0.1, 0.15) is 11.5 Å². The van der Waals surface area contributed by atoms with Crippen molar-refractivity contribution in [1.29, 1.82) is 0 Å². The summed E-state index contributed by atoms with van der Waals surface area (Å²) in [7, 11) is 0. The summed E-state index contributed by atoms with van der Waals surface area (Å²) >= 11 is 6.12. The Balaban J connectivity index is 1.92. The predicted molar refractivity (Wildman–Crippen MR) is 134 cm³/mol. The summed E-state index contributed by atoms with van der Waals surface area (Å²) < 4.78 is 5.61. The summed E-state index contributed by atoms with van der Waals surface area (Å²) in [5.74, 6) is -0.810. The van der Waals surface area contributed by atoms with Crippen molar-refractivity contribution in [3.63, 3.8) is 0 Å². The second-order valence-corrected chi connectivity index (χ2v) is 8.87. The zero-order valence-electron chi connectivity index (χ0n) is 19.3. The molecule has 34 heavy (non-hydrogen) atoms. The van der Waals surface area contributed by atoms with Crippen LogP contribution in [0.2, 0.25) is 5.02 Å². The number of carbonyl (C=O) groups excluding carboxylic acids is 2. The van der Waals surface area contributed by atoms with Crippen molar-refractivity contribution >= 4 is 34.7 Å². The van der Waals surface area contributed by atoms with E-state index in [1.165, 1.54) is 4.90 Å². The molecule has 5 nitrogen and oxygen atoms in total. The van der Waals surface area contributed by atoms with E-state index >= 15 is 0 Å². The molecule has 0 radical (unpaired) electrons. The number of carbonyl (C=O) groups is 2. The third-order valence-corrected chi connectivity index (χ3v) is 6.10. The van der Waals surface area contributed by atoms with Crippen LogP contribution in [0.3, 0.4) is 0 Å². The van der Waals surface area contributed by atoms with Crippen molar-refractivity contribution in [3.8, 4) is 5.75 Å². The van der Waals surface area contributed by atoms with Gasteiger partial charge in [-0.3, -0.25) is 14.5 Å². The lowest BCUT2D eigenvalue weighted by Gasteiger charge is -2.26. The molecule has 0 aliphatic carbocycles. The number of ether oxygens (including phenoxy) is 1. The van der Waals surface area contributed by atoms with Crippen LogP contribution in [0, 0.1) is 0 Å². The molecule has 1 amide bonds. The minimum Gasteiger partial charge on any atom is -0.507 e. The number of rotatable bonds is 6. The van der Waals surface area contributed by atoms with Gasteiger partial charge in [0, 0.05) is 22.3 Å². The number of amides is 1. The highest BCUT2D eigenvalue weighted by atomic mass is 35.5. The Morgan fingerprint density at radius 3 is 2.38 bits per heavy atom. The van der Waals surface area contributed by atoms with Crippen LogP contribution in [0.1, 0.15) is 49.4 Å². The molecule has 4 rings (SSSR count). The quantitative estimate of drug-likeness (QED) is 0.251. The van der Waals surface area contributed by atoms with Gasteiger partial charge in [0.2, 0.25) is 0 Å². The Morgan fingerprint density at radius 1 is 1.03 bits per heavy atom. The fourth-order valence-electron chi connectivity index (χ4n) is 4.16. The number of ketones is 1. The topological polar surface area (TPSA) is 66.8 Å². The number of halogens is 1. The van der Waals surface area contributed by atoms with Crippen LogP contribution in [-0.4, -0.2) is 23.4 Å². The van der Waals surface area contributed by atoms with E-state index < -0.39 is 17.7 Å². The van der Waals surface area contributed by atoms with E-state index in [1.54, 1.807) is 48.5 Å². The van der Waals surface area contributed by atoms with Crippen molar-refractivity contribution in [3.05, 3.63) is 100 Å². The van der Waals surface area contributed by atoms with Crippen LogP contribution in [-0.2, 0) is 9.59 Å². The van der Waals surface area contributed by atoms with Crippen LogP contribution >= 0.6 is 11.6 Å². The lowest BCUT2D eigenvalue weighted by Crippen LogP contribution is -2.29. The Hall–Kier alpha value is -3.57. The third-order valence-electron chi connectivity index (χ3n) is 5.87. The van der Waals surface area contributed by atoms with Crippen LogP contribution in [0.4, 0.5) is 5.69 Å². The molecule has 1 unspecified atom stereocenters. The molecular formula is C28H26ClNO4. The predicted octanol–water partition coefficient (Wildman–Crippen LogP) is 6.49. The molecule has 0 spiro atoms. The smallest absolute Gasteiger partial charge is 0.300 e. The van der Waals surface area contributed by atoms with Gasteiger partial charge >= 0.3 is 0 Å². The molecule has 1 saturated heterocycles. The van der Waals surface area contributed by atoms with E-state index in [9.17, 15) is 14.7 Å². The number of hydrogen-bond donors (Lipinski definition) is 1. The molecule has 0 bridgehead atoms. The summed E-state index contributed by atoms with van der Waals surface area (Å²) in [5.41, 5.74) is 2.75. The van der Waals surface area contributed by atoms with Gasteiger partial charge < -0.3 is 9.84 Å². The summed E-state index contributed by atoms with van der Waals surface area (Å²) in [4.78, 5) is 28.0. The summed E-state index contributed by atoms with van der Waals surface area (Å²) in [5, 5.41) is 11.6. The van der Waals surface area contributed by atoms with Crippen LogP contribution < -0.4 is 9.64 Å². The van der Waals surface area contributed by atoms with Gasteiger partial charge in [-0.15, -0.1) is 0 Å². The fourth-order valence-corrected chi connectivity index (χ4v) is 4.35. The van der Waals surface area contributed by atoms with Crippen molar-refractivity contribution in [2.45, 2.75) is 32.7 Å². The minimum absolute atomic E-state index is 0.0198. The highest BCUT2D eigenvalue weighted by Gasteiger charge is 2.47. The second-order valence-electron chi connectivity index (χ2n) is 8.43. The summed E-state index contributed by atoms with van der Waals surface area (Å²) in [6.07, 6.45) is 0. The maximum atomic E-state index is 13.3. The third kappa shape index (κ3) is 4.44. The van der Waals surface area contributed by atoms with Gasteiger partial charge in [0.25, 0.3) is 11.7 Å². The zero-order valence-corrected chi connectivity index (χ0v) is 20.0. The average Bonchev–Trinajstić information content (AvgIpc) is 3.09. The largest absolute Gasteiger partial charge is 0.507 e. The van der Waals surface area contributed by atoms with Gasteiger partial charge in [-0.2, -0.15) is 0 Å². The minimum atomic E-state index is -0.808. The van der Waals surface area contributed by atoms with E-state index in [4.69, 9.17) is 16.3 Å². The summed E-state index contributed by atoms with van der Waals surface area (Å²) in [6, 6.07) is 20.6. The molecule has 0 saturated carbocycles. The molecule has 6 heteroatoms. The first kappa shape index (κ1) is 23.6. The Kier molecular flexibility index (Phi) is 6.75. The SMILES string of the molecule is CCOc1cccc(N2C(=O)C(=O)/C(=C(/O)c3cccc(Cl)c3)C2c2ccc(C(C)C)cc2)c1. The van der Waals surface area contributed by atoms with Crippen molar-refractivity contribution < 1.29 is 19.4 Å². The first-order chi connectivity index (χ1) is 16.3. The monoisotopic (exact) mass is 475 g/mol. The lowest BCUT2D eigenvalue weighted by atomic mass is 9.93. The van der Waals surface area contributed by atoms with Gasteiger partial charge in [0.15, 0.2) is 0 Å². The average molecular weight is 476 g/mol. The van der Waals surface area contributed by atoms with E-state index in [0.717, 1.165) is 5.56 Å². The lowest BCUT2D eigenvalue weighted by molar-refractivity contribution is -0.132. The van der Waals surface area contributed by atoms with Crippen LogP contribution in [0.15, 0.2) is 78.4 Å². The first-order valence-corrected chi connectivity index (χ1v) is 11.6. The molecule has 0 aromatic heterocycles. The maximum absolute atomic E-state index is 13.3. The number of aliphatic hydroxyl groups is 1. The Bertz CT molecular complexity index is 1260. The molecule has 1 aliphatic heterocycles. The Morgan fingerprint density at radius 2 is 1.74 bits per heavy atom. The normalized spacial score (nSPS) is 17.4. The molecule has 174 valence electrons. The zero-order chi connectivity index (χ0) is 24.4. The standard InChI is InChI=1S/C28H26ClNO4/c1-4-34-23-10-6-9-22(16-23)30-25(19-13-11-18(12-14-19)17(2)3)24(27(32)28(30)33)26(31)20-7-5-8-21(29)15-20/h5-17,25,31H,4H2,1-3H3/b26-24+. The van der Waals surface area contributed by atoms with Gasteiger partial charge in [-0.1, -0.05) is 67.9 Å². The molecule has 1 fully saturated rings. The molecule has 1 aliphatic rings. The van der Waals surface area contributed by atoms with Crippen molar-refractivity contribution in [2.24, 2.45) is 0 Å². The van der Waals surface area contributed by atoms with Crippen molar-refractivity contribution in [2.75, 3.05) is 11.5 Å². The molecule has 3 aromatic rings. The number of nitrogens with zero attached hydrogens (tertiary/aromatic N) is 1. The van der Waals surface area contributed by atoms with E-state index in [2.05, 4.69) is 13.8 Å². The fraction of sp³-hybridized carbons (Fsp3) is 0.214. The van der Waals surface area contributed by atoms with Gasteiger partial charge in [-0.25, -0.2) is 0 Å². The molecule has 1 atom stereocenters. The number of Topliss-reactive ketones (excluding diaryl/α,β-unsaturated/α-hetero) is 1.